The maximum atomic E-state index is 13.1. The smallest absolute Gasteiger partial charge is 0.262 e. The van der Waals surface area contributed by atoms with Gasteiger partial charge in [-0.3, -0.25) is 4.79 Å². The molecule has 0 radical (unpaired) electrons. The van der Waals surface area contributed by atoms with Crippen LogP contribution in [0.25, 0.3) is 0 Å². The molecule has 33 heavy (non-hydrogen) atoms. The van der Waals surface area contributed by atoms with E-state index in [1.165, 1.54) is 28.6 Å². The largest absolute Gasteiger partial charge is 0.482 e. The molecule has 4 rings (SSSR count). The first kappa shape index (κ1) is 23.9. The van der Waals surface area contributed by atoms with Crippen LogP contribution < -0.4 is 10.1 Å². The Kier molecular flexibility index (Phi) is 7.16. The van der Waals surface area contributed by atoms with Crippen molar-refractivity contribution in [2.75, 3.05) is 18.5 Å². The standard InChI is InChI=1S/C23H19Cl3N2O4S/c24-17-5-7-19(25)21(11-17)27-23(29)14-32-22-8-6-18(12-20(22)26)33(30,31)28-10-9-15-3-1-2-4-16(15)13-28/h1-8,11-12H,9-10,13-14H2,(H,27,29). The normalized spacial score (nSPS) is 13.9. The van der Waals surface area contributed by atoms with Gasteiger partial charge in [-0.2, -0.15) is 4.31 Å². The number of rotatable bonds is 6. The Labute approximate surface area is 207 Å². The number of carbonyl (C=O) groups excluding carboxylic acids is 1. The van der Waals surface area contributed by atoms with Crippen molar-refractivity contribution in [3.63, 3.8) is 0 Å². The maximum absolute atomic E-state index is 13.1. The third-order valence-corrected chi connectivity index (χ3v) is 7.90. The molecule has 0 saturated carbocycles. The van der Waals surface area contributed by atoms with E-state index in [1.807, 2.05) is 24.3 Å². The summed E-state index contributed by atoms with van der Waals surface area (Å²) in [6, 6.07) is 16.7. The van der Waals surface area contributed by atoms with Crippen molar-refractivity contribution in [2.24, 2.45) is 0 Å². The molecule has 1 aliphatic rings. The minimum absolute atomic E-state index is 0.0643. The van der Waals surface area contributed by atoms with Crippen molar-refractivity contribution >= 4 is 56.4 Å². The Hall–Kier alpha value is -2.29. The molecule has 6 nitrogen and oxygen atoms in total. The van der Waals surface area contributed by atoms with Crippen LogP contribution in [0.4, 0.5) is 5.69 Å². The van der Waals surface area contributed by atoms with E-state index in [0.29, 0.717) is 35.2 Å². The lowest BCUT2D eigenvalue weighted by Crippen LogP contribution is -2.35. The Bertz CT molecular complexity index is 1310. The van der Waals surface area contributed by atoms with Crippen molar-refractivity contribution in [3.8, 4) is 5.75 Å². The van der Waals surface area contributed by atoms with E-state index in [2.05, 4.69) is 5.32 Å². The van der Waals surface area contributed by atoms with Gasteiger partial charge in [-0.05, 0) is 53.9 Å². The number of carbonyl (C=O) groups is 1. The van der Waals surface area contributed by atoms with Crippen molar-refractivity contribution < 1.29 is 17.9 Å². The summed E-state index contributed by atoms with van der Waals surface area (Å²) >= 11 is 18.2. The minimum Gasteiger partial charge on any atom is -0.482 e. The Morgan fingerprint density at radius 2 is 1.73 bits per heavy atom. The van der Waals surface area contributed by atoms with Crippen LogP contribution in [0.3, 0.4) is 0 Å². The van der Waals surface area contributed by atoms with Gasteiger partial charge in [0.15, 0.2) is 6.61 Å². The molecule has 3 aromatic rings. The first-order valence-corrected chi connectivity index (χ1v) is 12.6. The summed E-state index contributed by atoms with van der Waals surface area (Å²) in [4.78, 5) is 12.3. The monoisotopic (exact) mass is 524 g/mol. The number of hydrogen-bond donors (Lipinski definition) is 1. The summed E-state index contributed by atoms with van der Waals surface area (Å²) in [6.45, 7) is 0.347. The first-order chi connectivity index (χ1) is 15.7. The number of halogens is 3. The molecule has 0 atom stereocenters. The van der Waals surface area contributed by atoms with Crippen LogP contribution in [-0.2, 0) is 27.8 Å². The highest BCUT2D eigenvalue weighted by atomic mass is 35.5. The van der Waals surface area contributed by atoms with Gasteiger partial charge in [0.25, 0.3) is 5.91 Å². The Balaban J connectivity index is 1.42. The van der Waals surface area contributed by atoms with Crippen LogP contribution in [0.1, 0.15) is 11.1 Å². The molecule has 1 aliphatic heterocycles. The van der Waals surface area contributed by atoms with Gasteiger partial charge in [-0.15, -0.1) is 0 Å². The molecule has 0 fully saturated rings. The predicted octanol–water partition coefficient (Wildman–Crippen LogP) is 5.41. The third kappa shape index (κ3) is 5.45. The molecule has 0 unspecified atom stereocenters. The van der Waals surface area contributed by atoms with E-state index in [9.17, 15) is 13.2 Å². The first-order valence-electron chi connectivity index (χ1n) is 9.98. The SMILES string of the molecule is O=C(COc1ccc(S(=O)(=O)N2CCc3ccccc3C2)cc1Cl)Nc1cc(Cl)ccc1Cl. The molecule has 0 saturated heterocycles. The summed E-state index contributed by atoms with van der Waals surface area (Å²) in [5, 5.41) is 3.44. The van der Waals surface area contributed by atoms with Crippen molar-refractivity contribution in [1.82, 2.24) is 4.31 Å². The van der Waals surface area contributed by atoms with E-state index >= 15 is 0 Å². The number of hydrogen-bond acceptors (Lipinski definition) is 4. The number of anilines is 1. The summed E-state index contributed by atoms with van der Waals surface area (Å²) in [7, 11) is -3.74. The summed E-state index contributed by atoms with van der Waals surface area (Å²) in [5.41, 5.74) is 2.50. The molecular weight excluding hydrogens is 507 g/mol. The average molecular weight is 526 g/mol. The van der Waals surface area contributed by atoms with E-state index in [0.717, 1.165) is 11.1 Å². The zero-order chi connectivity index (χ0) is 23.6. The topological polar surface area (TPSA) is 75.7 Å². The number of nitrogens with one attached hydrogen (secondary N) is 1. The summed E-state index contributed by atoms with van der Waals surface area (Å²) in [5.74, 6) is -0.286. The number of sulfonamides is 1. The molecule has 1 amide bonds. The molecule has 3 aromatic carbocycles. The van der Waals surface area contributed by atoms with E-state index in [1.54, 1.807) is 12.1 Å². The van der Waals surface area contributed by atoms with Gasteiger partial charge in [0, 0.05) is 18.1 Å². The fraction of sp³-hybridized carbons (Fsp3) is 0.174. The minimum atomic E-state index is -3.74. The zero-order valence-corrected chi connectivity index (χ0v) is 20.3. The molecule has 0 bridgehead atoms. The van der Waals surface area contributed by atoms with Crippen LogP contribution in [0.15, 0.2) is 65.6 Å². The van der Waals surface area contributed by atoms with E-state index in [4.69, 9.17) is 39.5 Å². The average Bonchev–Trinajstić information content (AvgIpc) is 2.80. The van der Waals surface area contributed by atoms with E-state index < -0.39 is 15.9 Å². The highest BCUT2D eigenvalue weighted by molar-refractivity contribution is 7.89. The van der Waals surface area contributed by atoms with Crippen molar-refractivity contribution in [1.29, 1.82) is 0 Å². The second kappa shape index (κ2) is 9.91. The van der Waals surface area contributed by atoms with Crippen LogP contribution in [-0.4, -0.2) is 31.8 Å². The predicted molar refractivity (Wildman–Crippen MR) is 130 cm³/mol. The summed E-state index contributed by atoms with van der Waals surface area (Å²) < 4.78 is 33.2. The second-order valence-corrected chi connectivity index (χ2v) is 10.6. The molecule has 1 heterocycles. The van der Waals surface area contributed by atoms with Crippen LogP contribution in [0.2, 0.25) is 15.1 Å². The number of amides is 1. The van der Waals surface area contributed by atoms with Gasteiger partial charge in [0.2, 0.25) is 10.0 Å². The van der Waals surface area contributed by atoms with Gasteiger partial charge in [-0.1, -0.05) is 59.1 Å². The number of benzene rings is 3. The summed E-state index contributed by atoms with van der Waals surface area (Å²) in [6.07, 6.45) is 0.649. The number of fused-ring (bicyclic) bond motifs is 1. The van der Waals surface area contributed by atoms with Crippen LogP contribution >= 0.6 is 34.8 Å². The third-order valence-electron chi connectivity index (χ3n) is 5.20. The van der Waals surface area contributed by atoms with Gasteiger partial charge in [0.1, 0.15) is 5.75 Å². The molecule has 0 aromatic heterocycles. The number of nitrogens with zero attached hydrogens (tertiary/aromatic N) is 1. The fourth-order valence-corrected chi connectivity index (χ4v) is 5.59. The second-order valence-electron chi connectivity index (χ2n) is 7.41. The zero-order valence-electron chi connectivity index (χ0n) is 17.2. The van der Waals surface area contributed by atoms with Gasteiger partial charge in [0.05, 0.1) is 20.6 Å². The Morgan fingerprint density at radius 1 is 0.970 bits per heavy atom. The molecular formula is C23H19Cl3N2O4S. The molecule has 10 heteroatoms. The van der Waals surface area contributed by atoms with Gasteiger partial charge in [-0.25, -0.2) is 8.42 Å². The highest BCUT2D eigenvalue weighted by Crippen LogP contribution is 2.31. The molecule has 1 N–H and O–H groups in total. The van der Waals surface area contributed by atoms with Crippen molar-refractivity contribution in [3.05, 3.63) is 86.9 Å². The van der Waals surface area contributed by atoms with Crippen LogP contribution in [0, 0.1) is 0 Å². The lowest BCUT2D eigenvalue weighted by Gasteiger charge is -2.28. The molecule has 0 aliphatic carbocycles. The van der Waals surface area contributed by atoms with Gasteiger partial charge >= 0.3 is 0 Å². The quantitative estimate of drug-likeness (QED) is 0.467. The fourth-order valence-electron chi connectivity index (χ4n) is 3.51. The molecule has 172 valence electrons. The molecule has 0 spiro atoms. The highest BCUT2D eigenvalue weighted by Gasteiger charge is 2.28. The van der Waals surface area contributed by atoms with Crippen LogP contribution in [0.5, 0.6) is 5.75 Å². The lowest BCUT2D eigenvalue weighted by molar-refractivity contribution is -0.118. The maximum Gasteiger partial charge on any atom is 0.262 e. The number of ether oxygens (including phenoxy) is 1. The lowest BCUT2D eigenvalue weighted by atomic mass is 10.0. The van der Waals surface area contributed by atoms with Gasteiger partial charge < -0.3 is 10.1 Å². The van der Waals surface area contributed by atoms with Crippen molar-refractivity contribution in [2.45, 2.75) is 17.9 Å². The van der Waals surface area contributed by atoms with E-state index in [-0.39, 0.29) is 22.3 Å². The Morgan fingerprint density at radius 3 is 2.48 bits per heavy atom.